The molecule has 11 rings (SSSR count). The summed E-state index contributed by atoms with van der Waals surface area (Å²) in [6.45, 7) is 41.7. The number of nitrogens with zero attached hydrogens (tertiary/aromatic N) is 2. The molecule has 0 N–H and O–H groups in total. The van der Waals surface area contributed by atoms with Gasteiger partial charge in [-0.05, 0) is 182 Å². The highest BCUT2D eigenvalue weighted by molar-refractivity contribution is 6.23. The van der Waals surface area contributed by atoms with Gasteiger partial charge < -0.3 is 9.13 Å². The van der Waals surface area contributed by atoms with Crippen molar-refractivity contribution in [2.75, 3.05) is 0 Å². The Balaban J connectivity index is 1.26. The van der Waals surface area contributed by atoms with Gasteiger partial charge in [0.15, 0.2) is 0 Å². The van der Waals surface area contributed by atoms with E-state index < -0.39 is 0 Å². The molecule has 11 aromatic rings. The predicted molar refractivity (Wildman–Crippen MR) is 333 cm³/mol. The van der Waals surface area contributed by atoms with Gasteiger partial charge in [0.05, 0.1) is 22.1 Å². The molecule has 0 unspecified atom stereocenters. The van der Waals surface area contributed by atoms with E-state index in [0.29, 0.717) is 0 Å². The lowest BCUT2D eigenvalue weighted by molar-refractivity contribution is 0.590. The molecular formula is C74H80N2. The third kappa shape index (κ3) is 8.74. The van der Waals surface area contributed by atoms with Crippen LogP contribution in [0.4, 0.5) is 0 Å². The zero-order valence-electron chi connectivity index (χ0n) is 48.9. The number of fused-ring (bicyclic) bond motifs is 8. The minimum Gasteiger partial charge on any atom is -0.309 e. The van der Waals surface area contributed by atoms with E-state index in [1.165, 1.54) is 121 Å². The van der Waals surface area contributed by atoms with E-state index in [0.717, 1.165) is 11.4 Å². The van der Waals surface area contributed by atoms with Gasteiger partial charge in [-0.25, -0.2) is 0 Å². The van der Waals surface area contributed by atoms with Gasteiger partial charge in [0.2, 0.25) is 0 Å². The lowest BCUT2D eigenvalue weighted by Gasteiger charge is -2.23. The highest BCUT2D eigenvalue weighted by Gasteiger charge is 2.26. The summed E-state index contributed by atoms with van der Waals surface area (Å²) < 4.78 is 5.05. The summed E-state index contributed by atoms with van der Waals surface area (Å²) in [5.74, 6) is 0. The van der Waals surface area contributed by atoms with Crippen molar-refractivity contribution in [2.24, 2.45) is 0 Å². The highest BCUT2D eigenvalue weighted by Crippen LogP contribution is 2.48. The zero-order valence-corrected chi connectivity index (χ0v) is 48.9. The maximum Gasteiger partial charge on any atom is 0.0541 e. The maximum atomic E-state index is 2.53. The smallest absolute Gasteiger partial charge is 0.0541 e. The fraction of sp³-hybridized carbons (Fsp3) is 0.324. The lowest BCUT2D eigenvalue weighted by Crippen LogP contribution is -2.10. The third-order valence-corrected chi connectivity index (χ3v) is 16.7. The van der Waals surface area contributed by atoms with Gasteiger partial charge in [-0.15, -0.1) is 0 Å². The lowest BCUT2D eigenvalue weighted by atomic mass is 9.82. The van der Waals surface area contributed by atoms with Crippen LogP contribution < -0.4 is 0 Å². The molecule has 0 radical (unpaired) electrons. The van der Waals surface area contributed by atoms with Gasteiger partial charge >= 0.3 is 0 Å². The van der Waals surface area contributed by atoms with Crippen LogP contribution in [0.1, 0.15) is 158 Å². The van der Waals surface area contributed by atoms with Gasteiger partial charge in [-0.3, -0.25) is 0 Å². The molecule has 0 spiro atoms. The van der Waals surface area contributed by atoms with Crippen molar-refractivity contribution in [2.45, 2.75) is 157 Å². The Hall–Kier alpha value is -6.90. The average Bonchev–Trinajstić information content (AvgIpc) is 3.99. The molecular weight excluding hydrogens is 917 g/mol. The van der Waals surface area contributed by atoms with Crippen LogP contribution in [0.15, 0.2) is 158 Å². The zero-order chi connectivity index (χ0) is 54.4. The predicted octanol–water partition coefficient (Wildman–Crippen LogP) is 21.3. The van der Waals surface area contributed by atoms with E-state index >= 15 is 0 Å². The first kappa shape index (κ1) is 51.2. The van der Waals surface area contributed by atoms with E-state index in [1.54, 1.807) is 0 Å². The summed E-state index contributed by atoms with van der Waals surface area (Å²) in [5, 5.41) is 10.2. The van der Waals surface area contributed by atoms with Crippen molar-refractivity contribution in [3.63, 3.8) is 0 Å². The molecule has 0 atom stereocenters. The molecule has 0 aliphatic rings. The minimum atomic E-state index is 0.0141. The number of aromatic nitrogens is 2. The Morgan fingerprint density at radius 3 is 0.684 bits per heavy atom. The molecule has 0 amide bonds. The van der Waals surface area contributed by atoms with E-state index in [2.05, 4.69) is 291 Å². The Morgan fingerprint density at radius 1 is 0.211 bits per heavy atom. The van der Waals surface area contributed by atoms with E-state index in [1.807, 2.05) is 0 Å². The van der Waals surface area contributed by atoms with E-state index in [-0.39, 0.29) is 32.5 Å². The molecule has 76 heavy (non-hydrogen) atoms. The number of benzene rings is 9. The molecule has 9 aromatic carbocycles. The second-order valence-electron chi connectivity index (χ2n) is 28.5. The van der Waals surface area contributed by atoms with Gasteiger partial charge in [-0.2, -0.15) is 0 Å². The molecule has 0 fully saturated rings. The first-order chi connectivity index (χ1) is 35.5. The minimum absolute atomic E-state index is 0.0141. The summed E-state index contributed by atoms with van der Waals surface area (Å²) >= 11 is 0. The van der Waals surface area contributed by atoms with Crippen LogP contribution >= 0.6 is 0 Å². The van der Waals surface area contributed by atoms with Crippen molar-refractivity contribution >= 4 is 65.2 Å². The third-order valence-electron chi connectivity index (χ3n) is 16.7. The standard InChI is InChI=1S/C74H80N2/c1-69(2,3)47-23-19-45(20-24-47)67-55-33-31-54(76-65-37-29-51(73(13,14)15)41-59(65)60-42-52(74(16,17)18)30-38-66(60)76)44-62(55)68(46-21-25-48(26-22-46)70(4,5)6)56-34-32-53(43-61(56)67)75-63-35-27-49(71(7,8)9)39-57(63)58-40-50(72(10,11)12)28-36-64(58)75/h19-44H,1-18H3. The molecule has 386 valence electrons. The van der Waals surface area contributed by atoms with Crippen LogP contribution in [-0.2, 0) is 32.5 Å². The van der Waals surface area contributed by atoms with E-state index in [9.17, 15) is 0 Å². The monoisotopic (exact) mass is 997 g/mol. The SMILES string of the molecule is CC(C)(C)c1ccc(-c2c3ccc(-n4c5ccc(C(C)(C)C)cc5c5cc(C(C)(C)C)ccc54)cc3c(-c3ccc(C(C)(C)C)cc3)c3ccc(-n4c5ccc(C(C)(C)C)cc5c5cc(C(C)(C)C)ccc54)cc23)cc1. The van der Waals surface area contributed by atoms with Crippen molar-refractivity contribution in [1.82, 2.24) is 9.13 Å². The average molecular weight is 997 g/mol. The van der Waals surface area contributed by atoms with Crippen LogP contribution in [0.2, 0.25) is 0 Å². The topological polar surface area (TPSA) is 9.86 Å². The van der Waals surface area contributed by atoms with Crippen molar-refractivity contribution in [3.05, 3.63) is 191 Å². The van der Waals surface area contributed by atoms with Crippen molar-refractivity contribution in [1.29, 1.82) is 0 Å². The molecule has 0 saturated carbocycles. The molecule has 2 heteroatoms. The van der Waals surface area contributed by atoms with Crippen LogP contribution in [0.3, 0.4) is 0 Å². The largest absolute Gasteiger partial charge is 0.309 e. The van der Waals surface area contributed by atoms with Gasteiger partial charge in [0.1, 0.15) is 0 Å². The fourth-order valence-corrected chi connectivity index (χ4v) is 11.8. The van der Waals surface area contributed by atoms with Crippen molar-refractivity contribution in [3.8, 4) is 33.6 Å². The maximum absolute atomic E-state index is 2.53. The summed E-state index contributed by atoms with van der Waals surface area (Å²) in [6, 6.07) is 62.3. The van der Waals surface area contributed by atoms with Gasteiger partial charge in [0, 0.05) is 32.9 Å². The normalized spacial score (nSPS) is 13.4. The summed E-state index contributed by atoms with van der Waals surface area (Å²) in [6.07, 6.45) is 0. The second kappa shape index (κ2) is 17.3. The molecule has 2 heterocycles. The summed E-state index contributed by atoms with van der Waals surface area (Å²) in [7, 11) is 0. The first-order valence-electron chi connectivity index (χ1n) is 27.9. The molecule has 0 bridgehead atoms. The van der Waals surface area contributed by atoms with Gasteiger partial charge in [0.25, 0.3) is 0 Å². The van der Waals surface area contributed by atoms with Crippen molar-refractivity contribution < 1.29 is 0 Å². The molecule has 2 aromatic heterocycles. The van der Waals surface area contributed by atoms with Gasteiger partial charge in [-0.1, -0.05) is 210 Å². The second-order valence-corrected chi connectivity index (χ2v) is 28.5. The Morgan fingerprint density at radius 2 is 0.447 bits per heavy atom. The number of hydrogen-bond acceptors (Lipinski definition) is 0. The fourth-order valence-electron chi connectivity index (χ4n) is 11.8. The molecule has 0 aliphatic heterocycles. The molecule has 2 nitrogen and oxygen atoms in total. The van der Waals surface area contributed by atoms with Crippen LogP contribution in [0, 0.1) is 0 Å². The number of hydrogen-bond donors (Lipinski definition) is 0. The quantitative estimate of drug-likeness (QED) is 0.156. The summed E-state index contributed by atoms with van der Waals surface area (Å²) in [5.41, 5.74) is 20.3. The number of rotatable bonds is 4. The van der Waals surface area contributed by atoms with Crippen LogP contribution in [0.25, 0.3) is 98.8 Å². The Bertz CT molecular complexity index is 3690. The summed E-state index contributed by atoms with van der Waals surface area (Å²) in [4.78, 5) is 0. The van der Waals surface area contributed by atoms with Crippen LogP contribution in [-0.4, -0.2) is 9.13 Å². The van der Waals surface area contributed by atoms with Crippen LogP contribution in [0.5, 0.6) is 0 Å². The highest BCUT2D eigenvalue weighted by atomic mass is 15.0. The molecule has 0 aliphatic carbocycles. The Labute approximate surface area is 453 Å². The first-order valence-corrected chi connectivity index (χ1v) is 27.9. The Kier molecular flexibility index (Phi) is 11.7. The molecule has 0 saturated heterocycles. The van der Waals surface area contributed by atoms with E-state index in [4.69, 9.17) is 0 Å².